The van der Waals surface area contributed by atoms with E-state index in [0.29, 0.717) is 17.9 Å². The molecule has 0 aliphatic carbocycles. The smallest absolute Gasteiger partial charge is 0.128 e. The summed E-state index contributed by atoms with van der Waals surface area (Å²) >= 11 is 2.25. The molecule has 4 heteroatoms. The van der Waals surface area contributed by atoms with Gasteiger partial charge >= 0.3 is 0 Å². The third-order valence-corrected chi connectivity index (χ3v) is 3.67. The number of ether oxygens (including phenoxy) is 1. The zero-order valence-electron chi connectivity index (χ0n) is 11.9. The number of benzene rings is 2. The molecule has 0 heterocycles. The predicted molar refractivity (Wildman–Crippen MR) is 94.9 cm³/mol. The SMILES string of the molecule is CCCCOc1ccc(C=Nc2ccc(I)cc2)c(O)c1. The molecule has 0 spiro atoms. The summed E-state index contributed by atoms with van der Waals surface area (Å²) in [6.45, 7) is 2.79. The number of aromatic hydroxyl groups is 1. The van der Waals surface area contributed by atoms with E-state index >= 15 is 0 Å². The Morgan fingerprint density at radius 1 is 1.19 bits per heavy atom. The molecule has 2 aromatic rings. The van der Waals surface area contributed by atoms with Crippen molar-refractivity contribution in [3.63, 3.8) is 0 Å². The van der Waals surface area contributed by atoms with Gasteiger partial charge in [-0.15, -0.1) is 0 Å². The molecule has 1 N–H and O–H groups in total. The molecule has 0 saturated heterocycles. The fraction of sp³-hybridized carbons (Fsp3) is 0.235. The maximum absolute atomic E-state index is 10.00. The van der Waals surface area contributed by atoms with Crippen LogP contribution >= 0.6 is 22.6 Å². The average Bonchev–Trinajstić information content (AvgIpc) is 2.48. The molecular formula is C17H18INO2. The van der Waals surface area contributed by atoms with Crippen LogP contribution < -0.4 is 4.74 Å². The van der Waals surface area contributed by atoms with Crippen molar-refractivity contribution in [1.29, 1.82) is 0 Å². The molecule has 3 nitrogen and oxygen atoms in total. The highest BCUT2D eigenvalue weighted by Crippen LogP contribution is 2.23. The highest BCUT2D eigenvalue weighted by atomic mass is 127. The van der Waals surface area contributed by atoms with Crippen LogP contribution in [0.5, 0.6) is 11.5 Å². The topological polar surface area (TPSA) is 41.8 Å². The standard InChI is InChI=1S/C17H18INO2/c1-2-3-10-21-16-9-4-13(17(20)11-16)12-19-15-7-5-14(18)6-8-15/h4-9,11-12,20H,2-3,10H2,1H3. The van der Waals surface area contributed by atoms with Gasteiger partial charge in [0.25, 0.3) is 0 Å². The highest BCUT2D eigenvalue weighted by molar-refractivity contribution is 14.1. The van der Waals surface area contributed by atoms with Gasteiger partial charge in [-0.1, -0.05) is 13.3 Å². The van der Waals surface area contributed by atoms with E-state index in [1.807, 2.05) is 36.4 Å². The van der Waals surface area contributed by atoms with E-state index in [-0.39, 0.29) is 5.75 Å². The summed E-state index contributed by atoms with van der Waals surface area (Å²) in [7, 11) is 0. The Bertz CT molecular complexity index is 609. The lowest BCUT2D eigenvalue weighted by Crippen LogP contribution is -1.96. The summed E-state index contributed by atoms with van der Waals surface area (Å²) in [5.41, 5.74) is 1.54. The molecule has 0 fully saturated rings. The zero-order chi connectivity index (χ0) is 15.1. The highest BCUT2D eigenvalue weighted by Gasteiger charge is 2.01. The molecule has 0 aromatic heterocycles. The average molecular weight is 395 g/mol. The van der Waals surface area contributed by atoms with E-state index in [2.05, 4.69) is 34.5 Å². The molecule has 0 aliphatic rings. The Balaban J connectivity index is 2.05. The van der Waals surface area contributed by atoms with Gasteiger partial charge in [-0.3, -0.25) is 4.99 Å². The number of phenolic OH excluding ortho intramolecular Hbond substituents is 1. The van der Waals surface area contributed by atoms with E-state index in [4.69, 9.17) is 4.74 Å². The molecule has 2 rings (SSSR count). The molecule has 0 saturated carbocycles. The van der Waals surface area contributed by atoms with Gasteiger partial charge in [0.1, 0.15) is 11.5 Å². The maximum Gasteiger partial charge on any atom is 0.128 e. The number of hydrogen-bond acceptors (Lipinski definition) is 3. The second-order valence-corrected chi connectivity index (χ2v) is 5.90. The molecule has 0 amide bonds. The minimum atomic E-state index is 0.179. The summed E-state index contributed by atoms with van der Waals surface area (Å²) < 4.78 is 6.72. The number of halogens is 1. The van der Waals surface area contributed by atoms with Gasteiger partial charge in [0.2, 0.25) is 0 Å². The van der Waals surface area contributed by atoms with Gasteiger partial charge in [-0.05, 0) is 65.4 Å². The Kier molecular flexibility index (Phi) is 6.04. The van der Waals surface area contributed by atoms with Crippen LogP contribution in [-0.4, -0.2) is 17.9 Å². The van der Waals surface area contributed by atoms with Crippen LogP contribution in [-0.2, 0) is 0 Å². The number of rotatable bonds is 6. The first-order valence-corrected chi connectivity index (χ1v) is 8.02. The Morgan fingerprint density at radius 3 is 2.62 bits per heavy atom. The van der Waals surface area contributed by atoms with E-state index < -0.39 is 0 Å². The molecule has 2 aromatic carbocycles. The van der Waals surface area contributed by atoms with Gasteiger partial charge < -0.3 is 9.84 Å². The lowest BCUT2D eigenvalue weighted by molar-refractivity contribution is 0.307. The first-order valence-electron chi connectivity index (χ1n) is 6.94. The van der Waals surface area contributed by atoms with Crippen LogP contribution in [0.3, 0.4) is 0 Å². The van der Waals surface area contributed by atoms with E-state index in [9.17, 15) is 5.11 Å². The van der Waals surface area contributed by atoms with Crippen LogP contribution in [0, 0.1) is 3.57 Å². The fourth-order valence-corrected chi connectivity index (χ4v) is 2.09. The van der Waals surface area contributed by atoms with Crippen molar-refractivity contribution in [2.45, 2.75) is 19.8 Å². The van der Waals surface area contributed by atoms with Crippen molar-refractivity contribution in [2.24, 2.45) is 4.99 Å². The number of nitrogens with zero attached hydrogens (tertiary/aromatic N) is 1. The molecule has 0 bridgehead atoms. The first-order chi connectivity index (χ1) is 10.2. The molecule has 0 aliphatic heterocycles. The Hall–Kier alpha value is -1.56. The van der Waals surface area contributed by atoms with E-state index in [1.165, 1.54) is 3.57 Å². The molecule has 0 radical (unpaired) electrons. The van der Waals surface area contributed by atoms with Crippen molar-refractivity contribution >= 4 is 34.5 Å². The Labute approximate surface area is 138 Å². The second-order valence-electron chi connectivity index (χ2n) is 4.66. The molecule has 0 unspecified atom stereocenters. The summed E-state index contributed by atoms with van der Waals surface area (Å²) in [4.78, 5) is 4.35. The van der Waals surface area contributed by atoms with Crippen molar-refractivity contribution in [3.05, 3.63) is 51.6 Å². The van der Waals surface area contributed by atoms with Crippen LogP contribution in [0.25, 0.3) is 0 Å². The van der Waals surface area contributed by atoms with Crippen LogP contribution in [0.15, 0.2) is 47.5 Å². The monoisotopic (exact) mass is 395 g/mol. The Morgan fingerprint density at radius 2 is 1.95 bits per heavy atom. The van der Waals surface area contributed by atoms with Crippen molar-refractivity contribution in [1.82, 2.24) is 0 Å². The zero-order valence-corrected chi connectivity index (χ0v) is 14.1. The fourth-order valence-electron chi connectivity index (χ4n) is 1.73. The number of hydrogen-bond donors (Lipinski definition) is 1. The van der Waals surface area contributed by atoms with E-state index in [1.54, 1.807) is 12.3 Å². The molecule has 0 atom stereocenters. The van der Waals surface area contributed by atoms with Crippen molar-refractivity contribution < 1.29 is 9.84 Å². The van der Waals surface area contributed by atoms with Crippen LogP contribution in [0.1, 0.15) is 25.3 Å². The van der Waals surface area contributed by atoms with Crippen molar-refractivity contribution in [3.8, 4) is 11.5 Å². The minimum Gasteiger partial charge on any atom is -0.507 e. The van der Waals surface area contributed by atoms with Gasteiger partial charge in [-0.2, -0.15) is 0 Å². The minimum absolute atomic E-state index is 0.179. The van der Waals surface area contributed by atoms with E-state index in [0.717, 1.165) is 18.5 Å². The van der Waals surface area contributed by atoms with Crippen molar-refractivity contribution in [2.75, 3.05) is 6.61 Å². The first kappa shape index (κ1) is 15.8. The normalized spacial score (nSPS) is 11.0. The van der Waals surface area contributed by atoms with Gasteiger partial charge in [0, 0.05) is 21.4 Å². The molecular weight excluding hydrogens is 377 g/mol. The largest absolute Gasteiger partial charge is 0.507 e. The third kappa shape index (κ3) is 5.04. The van der Waals surface area contributed by atoms with Gasteiger partial charge in [0.15, 0.2) is 0 Å². The lowest BCUT2D eigenvalue weighted by atomic mass is 10.2. The number of aliphatic imine (C=N–C) groups is 1. The summed E-state index contributed by atoms with van der Waals surface area (Å²) in [6.07, 6.45) is 3.76. The summed E-state index contributed by atoms with van der Waals surface area (Å²) in [5.74, 6) is 0.866. The lowest BCUT2D eigenvalue weighted by Gasteiger charge is -2.06. The number of unbranched alkanes of at least 4 members (excludes halogenated alkanes) is 1. The number of phenols is 1. The third-order valence-electron chi connectivity index (χ3n) is 2.95. The quantitative estimate of drug-likeness (QED) is 0.428. The molecule has 110 valence electrons. The second kappa shape index (κ2) is 8.02. The van der Waals surface area contributed by atoms with Crippen LogP contribution in [0.2, 0.25) is 0 Å². The van der Waals surface area contributed by atoms with Gasteiger partial charge in [-0.25, -0.2) is 0 Å². The summed E-state index contributed by atoms with van der Waals surface area (Å²) in [5, 5.41) is 10.00. The summed E-state index contributed by atoms with van der Waals surface area (Å²) in [6, 6.07) is 13.2. The van der Waals surface area contributed by atoms with Crippen LogP contribution in [0.4, 0.5) is 5.69 Å². The van der Waals surface area contributed by atoms with Gasteiger partial charge in [0.05, 0.1) is 12.3 Å². The maximum atomic E-state index is 10.00. The molecule has 21 heavy (non-hydrogen) atoms. The predicted octanol–water partition coefficient (Wildman–Crippen LogP) is 4.93.